The van der Waals surface area contributed by atoms with Crippen LogP contribution in [-0.4, -0.2) is 10.7 Å². The number of pyridine rings is 1. The Morgan fingerprint density at radius 2 is 2.21 bits per heavy atom. The van der Waals surface area contributed by atoms with Crippen molar-refractivity contribution in [3.05, 3.63) is 27.1 Å². The van der Waals surface area contributed by atoms with Gasteiger partial charge in [0.1, 0.15) is 6.73 Å². The van der Waals surface area contributed by atoms with Gasteiger partial charge in [-0.25, -0.2) is 0 Å². The fourth-order valence-electron chi connectivity index (χ4n) is 0.926. The molecule has 0 fully saturated rings. The first-order chi connectivity index (χ1) is 6.50. The van der Waals surface area contributed by atoms with Crippen molar-refractivity contribution < 1.29 is 4.74 Å². The van der Waals surface area contributed by atoms with Crippen LogP contribution in [-0.2, 0) is 11.5 Å². The summed E-state index contributed by atoms with van der Waals surface area (Å²) < 4.78 is 7.53. The van der Waals surface area contributed by atoms with Crippen molar-refractivity contribution in [2.45, 2.75) is 26.7 Å². The molecule has 78 valence electrons. The van der Waals surface area contributed by atoms with Crippen molar-refractivity contribution in [3.8, 4) is 0 Å². The standard InChI is InChI=1S/C9H13BrN2O2/c1-6(2)14-5-12-3-7(10)9(13)8(11)4-12/h3-4,6H,5,11H2,1-2H3. The Labute approximate surface area is 90.8 Å². The minimum atomic E-state index is -0.189. The van der Waals surface area contributed by atoms with Crippen LogP contribution >= 0.6 is 15.9 Å². The summed E-state index contributed by atoms with van der Waals surface area (Å²) in [6.07, 6.45) is 3.37. The van der Waals surface area contributed by atoms with Gasteiger partial charge in [0.2, 0.25) is 5.43 Å². The highest BCUT2D eigenvalue weighted by atomic mass is 79.9. The quantitative estimate of drug-likeness (QED) is 0.898. The number of nitrogen functional groups attached to an aromatic ring is 1. The number of hydrogen-bond acceptors (Lipinski definition) is 3. The second-order valence-electron chi connectivity index (χ2n) is 3.25. The van der Waals surface area contributed by atoms with Crippen molar-refractivity contribution >= 4 is 21.6 Å². The lowest BCUT2D eigenvalue weighted by Gasteiger charge is -2.11. The highest BCUT2D eigenvalue weighted by Crippen LogP contribution is 2.06. The SMILES string of the molecule is CC(C)OCn1cc(N)c(=O)c(Br)c1. The minimum absolute atomic E-state index is 0.148. The van der Waals surface area contributed by atoms with Crippen LogP contribution in [0.1, 0.15) is 13.8 Å². The largest absolute Gasteiger partial charge is 0.394 e. The first-order valence-electron chi connectivity index (χ1n) is 4.27. The van der Waals surface area contributed by atoms with E-state index in [2.05, 4.69) is 15.9 Å². The normalized spacial score (nSPS) is 10.9. The summed E-state index contributed by atoms with van der Waals surface area (Å²) in [4.78, 5) is 11.2. The monoisotopic (exact) mass is 260 g/mol. The average molecular weight is 261 g/mol. The third kappa shape index (κ3) is 2.85. The number of ether oxygens (including phenoxy) is 1. The molecule has 14 heavy (non-hydrogen) atoms. The summed E-state index contributed by atoms with van der Waals surface area (Å²) in [5.74, 6) is 0. The molecule has 0 unspecified atom stereocenters. The Balaban J connectivity index is 2.85. The van der Waals surface area contributed by atoms with E-state index in [9.17, 15) is 4.79 Å². The van der Waals surface area contributed by atoms with Crippen molar-refractivity contribution in [2.24, 2.45) is 0 Å². The third-order valence-corrected chi connectivity index (χ3v) is 2.18. The highest BCUT2D eigenvalue weighted by Gasteiger charge is 2.02. The summed E-state index contributed by atoms with van der Waals surface area (Å²) in [7, 11) is 0. The van der Waals surface area contributed by atoms with Crippen LogP contribution in [0.15, 0.2) is 21.7 Å². The van der Waals surface area contributed by atoms with Gasteiger partial charge in [-0.1, -0.05) is 0 Å². The van der Waals surface area contributed by atoms with Crippen LogP contribution in [0.25, 0.3) is 0 Å². The summed E-state index contributed by atoms with van der Waals surface area (Å²) in [5, 5.41) is 0. The van der Waals surface area contributed by atoms with Gasteiger partial charge in [-0.05, 0) is 29.8 Å². The molecule has 0 aliphatic rings. The Morgan fingerprint density at radius 3 is 2.71 bits per heavy atom. The van der Waals surface area contributed by atoms with Gasteiger partial charge in [0.15, 0.2) is 0 Å². The minimum Gasteiger partial charge on any atom is -0.394 e. The van der Waals surface area contributed by atoms with Gasteiger partial charge in [-0.15, -0.1) is 0 Å². The zero-order valence-corrected chi connectivity index (χ0v) is 9.74. The molecule has 1 aromatic rings. The summed E-state index contributed by atoms with van der Waals surface area (Å²) in [6, 6.07) is 0. The Bertz CT molecular complexity index is 347. The van der Waals surface area contributed by atoms with Gasteiger partial charge in [0.25, 0.3) is 0 Å². The Kier molecular flexibility index (Phi) is 3.71. The van der Waals surface area contributed by atoms with Gasteiger partial charge >= 0.3 is 0 Å². The molecule has 1 aromatic heterocycles. The molecule has 0 aliphatic heterocycles. The Morgan fingerprint density at radius 1 is 1.57 bits per heavy atom. The van der Waals surface area contributed by atoms with Crippen molar-refractivity contribution in [1.29, 1.82) is 0 Å². The molecular formula is C9H13BrN2O2. The van der Waals surface area contributed by atoms with Crippen LogP contribution in [0, 0.1) is 0 Å². The van der Waals surface area contributed by atoms with Gasteiger partial charge < -0.3 is 15.0 Å². The molecule has 0 saturated heterocycles. The Hall–Kier alpha value is -0.810. The zero-order valence-electron chi connectivity index (χ0n) is 8.16. The molecule has 1 rings (SSSR count). The lowest BCUT2D eigenvalue weighted by atomic mass is 10.4. The van der Waals surface area contributed by atoms with E-state index >= 15 is 0 Å². The molecule has 0 saturated carbocycles. The van der Waals surface area contributed by atoms with E-state index in [4.69, 9.17) is 10.5 Å². The van der Waals surface area contributed by atoms with Crippen molar-refractivity contribution in [1.82, 2.24) is 4.57 Å². The molecule has 0 spiro atoms. The second kappa shape index (κ2) is 4.61. The lowest BCUT2D eigenvalue weighted by molar-refractivity contribution is 0.0283. The molecule has 2 N–H and O–H groups in total. The molecule has 5 heteroatoms. The van der Waals surface area contributed by atoms with Gasteiger partial charge in [-0.2, -0.15) is 0 Å². The number of hydrogen-bond donors (Lipinski definition) is 1. The van der Waals surface area contributed by atoms with Crippen LogP contribution in [0.4, 0.5) is 5.69 Å². The van der Waals surface area contributed by atoms with Crippen LogP contribution < -0.4 is 11.2 Å². The number of rotatable bonds is 3. The van der Waals surface area contributed by atoms with Crippen molar-refractivity contribution in [3.63, 3.8) is 0 Å². The fourth-order valence-corrected chi connectivity index (χ4v) is 1.42. The molecule has 0 amide bonds. The fraction of sp³-hybridized carbons (Fsp3) is 0.444. The maximum Gasteiger partial charge on any atom is 0.218 e. The first-order valence-corrected chi connectivity index (χ1v) is 5.06. The molecule has 4 nitrogen and oxygen atoms in total. The number of aromatic nitrogens is 1. The molecule has 0 atom stereocenters. The van der Waals surface area contributed by atoms with Gasteiger partial charge in [-0.3, -0.25) is 4.79 Å². The van der Waals surface area contributed by atoms with Crippen LogP contribution in [0.2, 0.25) is 0 Å². The maximum absolute atomic E-state index is 11.2. The van der Waals surface area contributed by atoms with E-state index < -0.39 is 0 Å². The van der Waals surface area contributed by atoms with E-state index in [1.54, 1.807) is 17.0 Å². The summed E-state index contributed by atoms with van der Waals surface area (Å²) >= 11 is 3.14. The zero-order chi connectivity index (χ0) is 10.7. The summed E-state index contributed by atoms with van der Waals surface area (Å²) in [6.45, 7) is 4.28. The maximum atomic E-state index is 11.2. The number of nitrogens with two attached hydrogens (primary N) is 1. The molecule has 0 aromatic carbocycles. The smallest absolute Gasteiger partial charge is 0.218 e. The molecule has 0 aliphatic carbocycles. The van der Waals surface area contributed by atoms with Crippen LogP contribution in [0.5, 0.6) is 0 Å². The van der Waals surface area contributed by atoms with E-state index in [1.165, 1.54) is 0 Å². The van der Waals surface area contributed by atoms with E-state index in [0.29, 0.717) is 11.2 Å². The van der Waals surface area contributed by atoms with E-state index in [1.807, 2.05) is 13.8 Å². The van der Waals surface area contributed by atoms with Gasteiger partial charge in [0.05, 0.1) is 16.3 Å². The third-order valence-electron chi connectivity index (χ3n) is 1.62. The summed E-state index contributed by atoms with van der Waals surface area (Å²) in [5.41, 5.74) is 5.53. The first kappa shape index (κ1) is 11.3. The van der Waals surface area contributed by atoms with E-state index in [0.717, 1.165) is 0 Å². The highest BCUT2D eigenvalue weighted by molar-refractivity contribution is 9.10. The molecule has 0 radical (unpaired) electrons. The lowest BCUT2D eigenvalue weighted by Crippen LogP contribution is -2.15. The van der Waals surface area contributed by atoms with Crippen molar-refractivity contribution in [2.75, 3.05) is 5.73 Å². The molecule has 1 heterocycles. The predicted octanol–water partition coefficient (Wildman–Crippen LogP) is 1.58. The average Bonchev–Trinajstić information content (AvgIpc) is 2.10. The second-order valence-corrected chi connectivity index (χ2v) is 4.10. The molecular weight excluding hydrogens is 248 g/mol. The van der Waals surface area contributed by atoms with Crippen LogP contribution in [0.3, 0.4) is 0 Å². The van der Waals surface area contributed by atoms with E-state index in [-0.39, 0.29) is 17.2 Å². The predicted molar refractivity (Wildman–Crippen MR) is 59.0 cm³/mol. The number of anilines is 1. The molecule has 0 bridgehead atoms. The topological polar surface area (TPSA) is 57.2 Å². The number of halogens is 1. The number of nitrogens with zero attached hydrogens (tertiary/aromatic N) is 1. The van der Waals surface area contributed by atoms with Gasteiger partial charge in [0, 0.05) is 12.4 Å².